The summed E-state index contributed by atoms with van der Waals surface area (Å²) < 4.78 is 6.21. The van der Waals surface area contributed by atoms with E-state index in [0.717, 1.165) is 32.8 Å². The molecule has 1 aromatic heterocycles. The van der Waals surface area contributed by atoms with Crippen LogP contribution in [0, 0.1) is 0 Å². The number of ether oxygens (including phenoxy) is 1. The van der Waals surface area contributed by atoms with Gasteiger partial charge in [-0.2, -0.15) is 0 Å². The fourth-order valence-electron chi connectivity index (χ4n) is 2.91. The number of halogens is 2. The molecule has 0 atom stereocenters. The third-order valence-electron chi connectivity index (χ3n) is 4.25. The molecule has 0 bridgehead atoms. The minimum Gasteiger partial charge on any atom is -0.495 e. The number of thiazole rings is 1. The van der Waals surface area contributed by atoms with Gasteiger partial charge in [0.2, 0.25) is 0 Å². The molecule has 1 aliphatic heterocycles. The second kappa shape index (κ2) is 7.02. The third-order valence-corrected chi connectivity index (χ3v) is 6.29. The van der Waals surface area contributed by atoms with Crippen molar-refractivity contribution in [1.82, 2.24) is 4.98 Å². The van der Waals surface area contributed by atoms with Gasteiger partial charge in [-0.05, 0) is 40.2 Å². The molecule has 1 amide bonds. The molecule has 0 saturated carbocycles. The first kappa shape index (κ1) is 17.5. The van der Waals surface area contributed by atoms with Crippen LogP contribution in [0.3, 0.4) is 0 Å². The Labute approximate surface area is 168 Å². The van der Waals surface area contributed by atoms with Crippen LogP contribution in [-0.4, -0.2) is 24.5 Å². The second-order valence-corrected chi connectivity index (χ2v) is 8.12. The number of hydrogen-bond donors (Lipinski definition) is 0. The maximum atomic E-state index is 13.0. The molecule has 26 heavy (non-hydrogen) atoms. The van der Waals surface area contributed by atoms with E-state index in [9.17, 15) is 4.79 Å². The van der Waals surface area contributed by atoms with Crippen molar-refractivity contribution < 1.29 is 9.53 Å². The highest BCUT2D eigenvalue weighted by atomic mass is 79.9. The molecule has 0 saturated heterocycles. The molecule has 0 spiro atoms. The van der Waals surface area contributed by atoms with Gasteiger partial charge in [0.1, 0.15) is 15.6 Å². The largest absolute Gasteiger partial charge is 0.495 e. The van der Waals surface area contributed by atoms with E-state index in [1.807, 2.05) is 42.5 Å². The Bertz CT molecular complexity index is 988. The third kappa shape index (κ3) is 3.13. The Balaban J connectivity index is 1.67. The number of methoxy groups -OCH3 is 1. The number of benzene rings is 2. The molecule has 7 heteroatoms. The Hall–Kier alpha value is -1.89. The second-order valence-electron chi connectivity index (χ2n) is 5.83. The van der Waals surface area contributed by atoms with E-state index in [-0.39, 0.29) is 5.91 Å². The molecule has 0 radical (unpaired) electrons. The van der Waals surface area contributed by atoms with Crippen molar-refractivity contribution in [1.29, 1.82) is 0 Å². The van der Waals surface area contributed by atoms with Gasteiger partial charge >= 0.3 is 0 Å². The molecule has 0 fully saturated rings. The predicted octanol–water partition coefficient (Wildman–Crippen LogP) is 5.44. The van der Waals surface area contributed by atoms with Crippen LogP contribution in [0.4, 0.5) is 5.69 Å². The Morgan fingerprint density at radius 3 is 2.73 bits per heavy atom. The topological polar surface area (TPSA) is 42.4 Å². The SMILES string of the molecule is COc1cc(N2CCc3nc(-c4ccc(Cl)cc4)sc3C2=O)ccc1Br. The molecule has 0 N–H and O–H groups in total. The number of nitrogens with zero attached hydrogens (tertiary/aromatic N) is 2. The molecule has 4 rings (SSSR count). The zero-order valence-electron chi connectivity index (χ0n) is 13.8. The molecular formula is C19H14BrClN2O2S. The summed E-state index contributed by atoms with van der Waals surface area (Å²) in [7, 11) is 1.61. The summed E-state index contributed by atoms with van der Waals surface area (Å²) in [5.74, 6) is 0.681. The molecule has 0 unspecified atom stereocenters. The molecule has 2 aromatic carbocycles. The van der Waals surface area contributed by atoms with Crippen LogP contribution in [0.25, 0.3) is 10.6 Å². The lowest BCUT2D eigenvalue weighted by Gasteiger charge is -2.26. The highest BCUT2D eigenvalue weighted by Gasteiger charge is 2.30. The number of fused-ring (bicyclic) bond motifs is 1. The van der Waals surface area contributed by atoms with Crippen molar-refractivity contribution in [2.24, 2.45) is 0 Å². The van der Waals surface area contributed by atoms with Crippen LogP contribution in [0.1, 0.15) is 15.4 Å². The highest BCUT2D eigenvalue weighted by Crippen LogP contribution is 2.36. The fourth-order valence-corrected chi connectivity index (χ4v) is 4.51. The van der Waals surface area contributed by atoms with Gasteiger partial charge in [-0.3, -0.25) is 4.79 Å². The van der Waals surface area contributed by atoms with Crippen LogP contribution in [0.2, 0.25) is 5.02 Å². The normalized spacial score (nSPS) is 13.7. The molecular weight excluding hydrogens is 436 g/mol. The maximum absolute atomic E-state index is 13.0. The summed E-state index contributed by atoms with van der Waals surface area (Å²) in [6.45, 7) is 0.598. The van der Waals surface area contributed by atoms with E-state index >= 15 is 0 Å². The van der Waals surface area contributed by atoms with Crippen LogP contribution in [0.5, 0.6) is 5.75 Å². The summed E-state index contributed by atoms with van der Waals surface area (Å²) in [5, 5.41) is 1.52. The standard InChI is InChI=1S/C19H14BrClN2O2S/c1-25-16-10-13(6-7-14(16)20)23-9-8-15-17(19(23)24)26-18(22-15)11-2-4-12(21)5-3-11/h2-7,10H,8-9H2,1H3. The quantitative estimate of drug-likeness (QED) is 0.535. The van der Waals surface area contributed by atoms with Crippen molar-refractivity contribution in [3.63, 3.8) is 0 Å². The average Bonchev–Trinajstić information content (AvgIpc) is 3.08. The Morgan fingerprint density at radius 2 is 2.00 bits per heavy atom. The number of rotatable bonds is 3. The lowest BCUT2D eigenvalue weighted by molar-refractivity contribution is 0.0984. The van der Waals surface area contributed by atoms with Gasteiger partial charge in [-0.25, -0.2) is 4.98 Å². The number of anilines is 1. The van der Waals surface area contributed by atoms with Gasteiger partial charge in [-0.1, -0.05) is 23.7 Å². The number of carbonyl (C=O) groups is 1. The van der Waals surface area contributed by atoms with Gasteiger partial charge < -0.3 is 9.64 Å². The van der Waals surface area contributed by atoms with E-state index in [2.05, 4.69) is 20.9 Å². The minimum atomic E-state index is -0.0201. The van der Waals surface area contributed by atoms with Crippen molar-refractivity contribution in [2.45, 2.75) is 6.42 Å². The lowest BCUT2D eigenvalue weighted by atomic mass is 10.1. The predicted molar refractivity (Wildman–Crippen MR) is 109 cm³/mol. The van der Waals surface area contributed by atoms with Crippen molar-refractivity contribution in [3.8, 4) is 16.3 Å². The number of hydrogen-bond acceptors (Lipinski definition) is 4. The van der Waals surface area contributed by atoms with Crippen LogP contribution >= 0.6 is 38.9 Å². The van der Waals surface area contributed by atoms with Crippen molar-refractivity contribution in [2.75, 3.05) is 18.6 Å². The summed E-state index contributed by atoms with van der Waals surface area (Å²) in [4.78, 5) is 20.2. The van der Waals surface area contributed by atoms with Crippen LogP contribution in [-0.2, 0) is 6.42 Å². The Morgan fingerprint density at radius 1 is 1.23 bits per heavy atom. The number of aromatic nitrogens is 1. The summed E-state index contributed by atoms with van der Waals surface area (Å²) in [5.41, 5.74) is 2.66. The zero-order valence-corrected chi connectivity index (χ0v) is 17.0. The van der Waals surface area contributed by atoms with Gasteiger partial charge in [0.05, 0.1) is 17.3 Å². The van der Waals surface area contributed by atoms with Gasteiger partial charge in [0.25, 0.3) is 5.91 Å². The van der Waals surface area contributed by atoms with Crippen molar-refractivity contribution in [3.05, 3.63) is 62.5 Å². The van der Waals surface area contributed by atoms with Gasteiger partial charge in [-0.15, -0.1) is 11.3 Å². The summed E-state index contributed by atoms with van der Waals surface area (Å²) in [6.07, 6.45) is 0.726. The zero-order chi connectivity index (χ0) is 18.3. The minimum absolute atomic E-state index is 0.0201. The first-order valence-corrected chi connectivity index (χ1v) is 9.96. The van der Waals surface area contributed by atoms with Crippen molar-refractivity contribution >= 4 is 50.5 Å². The van der Waals surface area contributed by atoms with Crippen LogP contribution < -0.4 is 9.64 Å². The smallest absolute Gasteiger partial charge is 0.270 e. The maximum Gasteiger partial charge on any atom is 0.270 e. The van der Waals surface area contributed by atoms with Gasteiger partial charge in [0, 0.05) is 35.3 Å². The number of amides is 1. The van der Waals surface area contributed by atoms with E-state index in [0.29, 0.717) is 22.2 Å². The van der Waals surface area contributed by atoms with E-state index in [1.165, 1.54) is 11.3 Å². The lowest BCUT2D eigenvalue weighted by Crippen LogP contribution is -2.36. The monoisotopic (exact) mass is 448 g/mol. The van der Waals surface area contributed by atoms with Crippen LogP contribution in [0.15, 0.2) is 46.9 Å². The summed E-state index contributed by atoms with van der Waals surface area (Å²) in [6, 6.07) is 13.2. The molecule has 132 valence electrons. The fraction of sp³-hybridized carbons (Fsp3) is 0.158. The molecule has 4 nitrogen and oxygen atoms in total. The molecule has 0 aliphatic carbocycles. The summed E-state index contributed by atoms with van der Waals surface area (Å²) >= 11 is 10.8. The van der Waals surface area contributed by atoms with E-state index in [1.54, 1.807) is 12.0 Å². The molecule has 2 heterocycles. The first-order valence-electron chi connectivity index (χ1n) is 7.98. The van der Waals surface area contributed by atoms with Gasteiger partial charge in [0.15, 0.2) is 0 Å². The van der Waals surface area contributed by atoms with E-state index in [4.69, 9.17) is 16.3 Å². The molecule has 3 aromatic rings. The average molecular weight is 450 g/mol. The number of carbonyl (C=O) groups excluding carboxylic acids is 1. The van der Waals surface area contributed by atoms with E-state index < -0.39 is 0 Å². The highest BCUT2D eigenvalue weighted by molar-refractivity contribution is 9.10. The first-order chi connectivity index (χ1) is 12.6. The molecule has 1 aliphatic rings. The Kier molecular flexibility index (Phi) is 4.73.